The molecule has 1 saturated carbocycles. The topological polar surface area (TPSA) is 20.2 Å². The molecular weight excluding hydrogens is 280 g/mol. The minimum Gasteiger partial charge on any atom is -0.392 e. The summed E-state index contributed by atoms with van der Waals surface area (Å²) in [7, 11) is 0. The predicted octanol–water partition coefficient (Wildman–Crippen LogP) is 4.22. The van der Waals surface area contributed by atoms with Gasteiger partial charge in [0.25, 0.3) is 0 Å². The molecule has 4 unspecified atom stereocenters. The number of aliphatic hydroxyl groups is 1. The van der Waals surface area contributed by atoms with Crippen LogP contribution < -0.4 is 0 Å². The Morgan fingerprint density at radius 1 is 1.14 bits per heavy atom. The van der Waals surface area contributed by atoms with Gasteiger partial charge < -0.3 is 5.11 Å². The zero-order chi connectivity index (χ0) is 14.4. The van der Waals surface area contributed by atoms with Gasteiger partial charge in [-0.2, -0.15) is 0 Å². The van der Waals surface area contributed by atoms with E-state index in [2.05, 4.69) is 30.3 Å². The second kappa shape index (κ2) is 5.15. The van der Waals surface area contributed by atoms with Gasteiger partial charge in [-0.05, 0) is 65.8 Å². The maximum Gasteiger partial charge on any atom is 0.0617 e. The predicted molar refractivity (Wildman–Crippen MR) is 85.6 cm³/mol. The molecule has 1 nitrogen and oxygen atoms in total. The molecule has 2 heteroatoms. The highest BCUT2D eigenvalue weighted by Crippen LogP contribution is 2.61. The summed E-state index contributed by atoms with van der Waals surface area (Å²) in [6.07, 6.45) is 2.83. The molecule has 4 atom stereocenters. The first-order valence-corrected chi connectivity index (χ1v) is 8.12. The maximum absolute atomic E-state index is 10.6. The molecule has 0 bridgehead atoms. The van der Waals surface area contributed by atoms with Crippen LogP contribution in [-0.4, -0.2) is 11.2 Å². The molecule has 2 aliphatic carbocycles. The van der Waals surface area contributed by atoms with Gasteiger partial charge in [-0.3, -0.25) is 0 Å². The first-order valence-electron chi connectivity index (χ1n) is 7.74. The van der Waals surface area contributed by atoms with Crippen LogP contribution in [0.2, 0.25) is 5.02 Å². The SMILES string of the molecule is OC(Cc1cccc(Cl)c1)C1C2CCc3ccccc3C21. The highest BCUT2D eigenvalue weighted by molar-refractivity contribution is 6.30. The number of aryl methyl sites for hydroxylation is 1. The Bertz CT molecular complexity index is 666. The number of halogens is 1. The fourth-order valence-corrected chi connectivity index (χ4v) is 4.40. The zero-order valence-electron chi connectivity index (χ0n) is 11.9. The quantitative estimate of drug-likeness (QED) is 0.899. The Labute approximate surface area is 130 Å². The number of fused-ring (bicyclic) bond motifs is 3. The van der Waals surface area contributed by atoms with Gasteiger partial charge in [0.2, 0.25) is 0 Å². The van der Waals surface area contributed by atoms with Gasteiger partial charge in [0, 0.05) is 5.02 Å². The molecule has 0 amide bonds. The largest absolute Gasteiger partial charge is 0.392 e. The third-order valence-corrected chi connectivity index (χ3v) is 5.40. The maximum atomic E-state index is 10.6. The van der Waals surface area contributed by atoms with Crippen molar-refractivity contribution in [1.82, 2.24) is 0 Å². The van der Waals surface area contributed by atoms with E-state index in [0.29, 0.717) is 24.2 Å². The molecule has 0 radical (unpaired) electrons. The Morgan fingerprint density at radius 2 is 2.00 bits per heavy atom. The van der Waals surface area contributed by atoms with E-state index in [0.717, 1.165) is 17.0 Å². The zero-order valence-corrected chi connectivity index (χ0v) is 12.6. The van der Waals surface area contributed by atoms with Crippen molar-refractivity contribution in [2.75, 3.05) is 0 Å². The van der Waals surface area contributed by atoms with Crippen LogP contribution in [0.3, 0.4) is 0 Å². The summed E-state index contributed by atoms with van der Waals surface area (Å²) in [4.78, 5) is 0. The number of hydrogen-bond donors (Lipinski definition) is 1. The van der Waals surface area contributed by atoms with Crippen molar-refractivity contribution < 1.29 is 5.11 Å². The van der Waals surface area contributed by atoms with Gasteiger partial charge in [-0.15, -0.1) is 0 Å². The molecule has 4 rings (SSSR count). The highest BCUT2D eigenvalue weighted by atomic mass is 35.5. The van der Waals surface area contributed by atoms with Crippen LogP contribution in [0.25, 0.3) is 0 Å². The highest BCUT2D eigenvalue weighted by Gasteiger charge is 2.55. The Hall–Kier alpha value is -1.31. The number of benzene rings is 2. The average Bonchev–Trinajstić information content (AvgIpc) is 3.22. The van der Waals surface area contributed by atoms with Crippen LogP contribution in [0.15, 0.2) is 48.5 Å². The fraction of sp³-hybridized carbons (Fsp3) is 0.368. The molecule has 2 aliphatic rings. The molecule has 108 valence electrons. The van der Waals surface area contributed by atoms with E-state index in [1.165, 1.54) is 17.5 Å². The lowest BCUT2D eigenvalue weighted by Gasteiger charge is -2.13. The van der Waals surface area contributed by atoms with Crippen LogP contribution in [0, 0.1) is 11.8 Å². The fourth-order valence-electron chi connectivity index (χ4n) is 4.19. The first kappa shape index (κ1) is 13.4. The second-order valence-electron chi connectivity index (χ2n) is 6.41. The third kappa shape index (κ3) is 2.39. The molecule has 21 heavy (non-hydrogen) atoms. The summed E-state index contributed by atoms with van der Waals surface area (Å²) in [6.45, 7) is 0. The van der Waals surface area contributed by atoms with Gasteiger partial charge in [-0.25, -0.2) is 0 Å². The molecule has 0 saturated heterocycles. The minimum atomic E-state index is -0.260. The molecule has 1 N–H and O–H groups in total. The lowest BCUT2D eigenvalue weighted by Crippen LogP contribution is -2.15. The van der Waals surface area contributed by atoms with Gasteiger partial charge in [0.15, 0.2) is 0 Å². The van der Waals surface area contributed by atoms with E-state index in [-0.39, 0.29) is 6.10 Å². The molecule has 1 fully saturated rings. The molecular formula is C19H19ClO. The minimum absolute atomic E-state index is 0.260. The Balaban J connectivity index is 1.52. The normalized spacial score (nSPS) is 27.6. The van der Waals surface area contributed by atoms with Crippen molar-refractivity contribution in [2.24, 2.45) is 11.8 Å². The smallest absolute Gasteiger partial charge is 0.0617 e. The molecule has 0 spiro atoms. The third-order valence-electron chi connectivity index (χ3n) is 5.17. The van der Waals surface area contributed by atoms with Crippen molar-refractivity contribution in [3.8, 4) is 0 Å². The van der Waals surface area contributed by atoms with Crippen molar-refractivity contribution in [2.45, 2.75) is 31.3 Å². The summed E-state index contributed by atoms with van der Waals surface area (Å²) in [6, 6.07) is 16.6. The van der Waals surface area contributed by atoms with Crippen molar-refractivity contribution >= 4 is 11.6 Å². The number of rotatable bonds is 3. The van der Waals surface area contributed by atoms with E-state index in [1.807, 2.05) is 18.2 Å². The summed E-state index contributed by atoms with van der Waals surface area (Å²) < 4.78 is 0. The number of hydrogen-bond acceptors (Lipinski definition) is 1. The molecule has 0 aliphatic heterocycles. The van der Waals surface area contributed by atoms with Crippen LogP contribution in [0.1, 0.15) is 29.0 Å². The summed E-state index contributed by atoms with van der Waals surface area (Å²) in [5, 5.41) is 11.4. The summed E-state index contributed by atoms with van der Waals surface area (Å²) in [5.74, 6) is 1.67. The van der Waals surface area contributed by atoms with E-state index in [1.54, 1.807) is 0 Å². The second-order valence-corrected chi connectivity index (χ2v) is 6.84. The summed E-state index contributed by atoms with van der Waals surface area (Å²) in [5.41, 5.74) is 4.09. The van der Waals surface area contributed by atoms with Crippen LogP contribution in [0.5, 0.6) is 0 Å². The first-order chi connectivity index (χ1) is 10.2. The average molecular weight is 299 g/mol. The lowest BCUT2D eigenvalue weighted by molar-refractivity contribution is 0.143. The molecule has 0 aromatic heterocycles. The molecule has 0 heterocycles. The Morgan fingerprint density at radius 3 is 2.86 bits per heavy atom. The van der Waals surface area contributed by atoms with Gasteiger partial charge >= 0.3 is 0 Å². The van der Waals surface area contributed by atoms with Gasteiger partial charge in [0.05, 0.1) is 6.10 Å². The van der Waals surface area contributed by atoms with E-state index in [4.69, 9.17) is 11.6 Å². The lowest BCUT2D eigenvalue weighted by atomic mass is 9.92. The van der Waals surface area contributed by atoms with Gasteiger partial charge in [0.1, 0.15) is 0 Å². The van der Waals surface area contributed by atoms with E-state index in [9.17, 15) is 5.11 Å². The monoisotopic (exact) mass is 298 g/mol. The van der Waals surface area contributed by atoms with Crippen molar-refractivity contribution in [3.63, 3.8) is 0 Å². The molecule has 2 aromatic rings. The molecule has 2 aromatic carbocycles. The van der Waals surface area contributed by atoms with E-state index < -0.39 is 0 Å². The van der Waals surface area contributed by atoms with Crippen molar-refractivity contribution in [1.29, 1.82) is 0 Å². The van der Waals surface area contributed by atoms with Gasteiger partial charge in [-0.1, -0.05) is 48.0 Å². The standard InChI is InChI=1S/C19H19ClO/c20-14-6-3-4-12(10-14)11-17(21)19-16-9-8-13-5-1-2-7-15(13)18(16)19/h1-7,10,16-19,21H,8-9,11H2. The van der Waals surface area contributed by atoms with Crippen LogP contribution in [0.4, 0.5) is 0 Å². The van der Waals surface area contributed by atoms with Crippen molar-refractivity contribution in [3.05, 3.63) is 70.2 Å². The van der Waals surface area contributed by atoms with E-state index >= 15 is 0 Å². The Kier molecular flexibility index (Phi) is 3.28. The van der Waals surface area contributed by atoms with Crippen LogP contribution in [-0.2, 0) is 12.8 Å². The summed E-state index contributed by atoms with van der Waals surface area (Å²) >= 11 is 6.03. The van der Waals surface area contributed by atoms with Crippen LogP contribution >= 0.6 is 11.6 Å². The number of aliphatic hydroxyl groups excluding tert-OH is 1.